The summed E-state index contributed by atoms with van der Waals surface area (Å²) in [6.07, 6.45) is -1.74. The molecule has 4 heterocycles. The van der Waals surface area contributed by atoms with E-state index in [0.29, 0.717) is 36.2 Å². The maximum absolute atomic E-state index is 18.6. The van der Waals surface area contributed by atoms with Crippen LogP contribution < -0.4 is 9.64 Å². The molecule has 0 unspecified atom stereocenters. The summed E-state index contributed by atoms with van der Waals surface area (Å²) in [5.74, 6) is 1.27. The first-order valence-corrected chi connectivity index (χ1v) is 26.7. The van der Waals surface area contributed by atoms with Gasteiger partial charge < -0.3 is 14.4 Å². The fourth-order valence-electron chi connectivity index (χ4n) is 11.9. The number of halogens is 4. The van der Waals surface area contributed by atoms with Gasteiger partial charge in [-0.1, -0.05) is 114 Å². The summed E-state index contributed by atoms with van der Waals surface area (Å²) in [7, 11) is -2.47. The summed E-state index contributed by atoms with van der Waals surface area (Å²) < 4.78 is 96.9. The molecule has 10 rings (SSSR count). The van der Waals surface area contributed by atoms with Crippen molar-refractivity contribution in [3.8, 4) is 34.7 Å². The number of nitriles is 1. The van der Waals surface area contributed by atoms with Crippen LogP contribution >= 0.6 is 0 Å². The molecule has 360 valence electrons. The summed E-state index contributed by atoms with van der Waals surface area (Å²) >= 11 is 0. The van der Waals surface area contributed by atoms with E-state index >= 15 is 17.6 Å². The second-order valence-corrected chi connectivity index (χ2v) is 25.8. The lowest BCUT2D eigenvalue weighted by atomic mass is 9.90. The molecule has 0 radical (unpaired) electrons. The molecule has 0 N–H and O–H groups in total. The molecule has 0 amide bonds. The van der Waals surface area contributed by atoms with E-state index < -0.39 is 62.1 Å². The van der Waals surface area contributed by atoms with E-state index in [2.05, 4.69) is 64.1 Å². The Morgan fingerprint density at radius 2 is 1.64 bits per heavy atom. The number of rotatable bonds is 11. The van der Waals surface area contributed by atoms with Crippen LogP contribution in [0.2, 0.25) is 16.6 Å². The minimum atomic E-state index is -2.54. The van der Waals surface area contributed by atoms with E-state index in [1.165, 1.54) is 12.1 Å². The molecular formula is C57H58F4N6O2Si. The third-order valence-electron chi connectivity index (χ3n) is 15.3. The normalized spacial score (nSPS) is 22.8. The Balaban J connectivity index is 1.27. The van der Waals surface area contributed by atoms with Crippen LogP contribution in [0.1, 0.15) is 85.8 Å². The molecule has 6 aromatic rings. The number of fused-ring (bicyclic) bond motifs is 4. The van der Waals surface area contributed by atoms with E-state index in [9.17, 15) is 8.00 Å². The molecule has 3 saturated heterocycles. The molecule has 5 aromatic carbocycles. The van der Waals surface area contributed by atoms with Gasteiger partial charge in [-0.25, -0.2) is 22.6 Å². The van der Waals surface area contributed by atoms with E-state index in [4.69, 9.17) is 19.5 Å². The van der Waals surface area contributed by atoms with Gasteiger partial charge in [0.05, 0.1) is 56.1 Å². The Morgan fingerprint density at radius 1 is 0.943 bits per heavy atom. The molecule has 8 nitrogen and oxygen atoms in total. The average molecular weight is 965 g/mol. The van der Waals surface area contributed by atoms with Crippen LogP contribution in [0.15, 0.2) is 96.0 Å². The lowest BCUT2D eigenvalue weighted by Crippen LogP contribution is -2.43. The standard InChI is InChI=1S/C57H58F4N6O2Si/c1-34(2)70(35(3)4,36(5)6)25-20-43-47(59)19-18-39-26-42(63-52(37-14-9-7-10-15-37)38-16-11-8-12-17-38)28-44(48(39)43)49-40(30-62)27-45-53(51(49)61)64-56(69-33-57-21-13-22-66(57)31-41(58)29-57)65-55(45)67-23-24-68-32-46-50(60)54(46)67/h7-12,14-19,26-28,34-36,41,46,50,54H,13,21-24,29,31-33H2,1-6H3/t41-,46+,50+,54+,57+/m1/s1/i33D2. The lowest BCUT2D eigenvalue weighted by molar-refractivity contribution is 0.107. The first-order valence-electron chi connectivity index (χ1n) is 25.5. The highest BCUT2D eigenvalue weighted by Crippen LogP contribution is 2.48. The van der Waals surface area contributed by atoms with Crippen LogP contribution in [0.4, 0.5) is 29.1 Å². The smallest absolute Gasteiger partial charge is 0.319 e. The molecule has 1 aliphatic carbocycles. The van der Waals surface area contributed by atoms with Crippen molar-refractivity contribution in [1.82, 2.24) is 14.9 Å². The molecule has 70 heavy (non-hydrogen) atoms. The molecule has 1 saturated carbocycles. The largest absolute Gasteiger partial charge is 0.461 e. The van der Waals surface area contributed by atoms with Crippen LogP contribution in [0.5, 0.6) is 6.01 Å². The van der Waals surface area contributed by atoms with Gasteiger partial charge in [0.15, 0.2) is 5.82 Å². The SMILES string of the molecule is [2H]C([2H])(Oc1nc(N2CCOC[C@H]3[C@H](F)[C@H]32)c2cc(C#N)c(-c3cc(N=C(c4ccccc4)c4ccccc4)cc4ccc(F)c(C#C[Si](C(C)C)(C(C)C)C(C)C)c34)c(F)c2n1)[C@@]12CCCN1C[C@H](F)C2. The second-order valence-electron chi connectivity index (χ2n) is 20.3. The van der Waals surface area contributed by atoms with Gasteiger partial charge in [-0.05, 0) is 71.2 Å². The molecule has 4 fully saturated rings. The monoisotopic (exact) mass is 964 g/mol. The Hall–Kier alpha value is -6.12. The predicted octanol–water partition coefficient (Wildman–Crippen LogP) is 12.5. The third kappa shape index (κ3) is 8.33. The van der Waals surface area contributed by atoms with Gasteiger partial charge in [0, 0.05) is 52.9 Å². The van der Waals surface area contributed by atoms with Crippen molar-refractivity contribution in [2.75, 3.05) is 44.3 Å². The highest BCUT2D eigenvalue weighted by Gasteiger charge is 2.57. The number of anilines is 1. The Kier molecular flexibility index (Phi) is 12.2. The summed E-state index contributed by atoms with van der Waals surface area (Å²) in [6.45, 7) is 11.5. The summed E-state index contributed by atoms with van der Waals surface area (Å²) in [5, 5.41) is 12.0. The number of ether oxygens (including phenoxy) is 2. The molecule has 0 bridgehead atoms. The number of hydrogen-bond donors (Lipinski definition) is 0. The van der Waals surface area contributed by atoms with Gasteiger partial charge >= 0.3 is 6.01 Å². The van der Waals surface area contributed by atoms with Crippen LogP contribution in [0.25, 0.3) is 32.8 Å². The zero-order valence-electron chi connectivity index (χ0n) is 42.4. The van der Waals surface area contributed by atoms with E-state index in [1.807, 2.05) is 66.7 Å². The average Bonchev–Trinajstić information content (AvgIpc) is 3.72. The quantitative estimate of drug-likeness (QED) is 0.0553. The molecule has 13 heteroatoms. The van der Waals surface area contributed by atoms with Crippen LogP contribution in [-0.4, -0.2) is 92.0 Å². The second kappa shape index (κ2) is 18.9. The minimum Gasteiger partial charge on any atom is -0.461 e. The van der Waals surface area contributed by atoms with Crippen molar-refractivity contribution in [3.05, 3.63) is 125 Å². The summed E-state index contributed by atoms with van der Waals surface area (Å²) in [4.78, 5) is 18.0. The number of hydrogen-bond acceptors (Lipinski definition) is 8. The van der Waals surface area contributed by atoms with E-state index in [-0.39, 0.29) is 93.7 Å². The first kappa shape index (κ1) is 45.0. The van der Waals surface area contributed by atoms with Gasteiger partial charge in [-0.3, -0.25) is 4.90 Å². The summed E-state index contributed by atoms with van der Waals surface area (Å²) in [5.41, 5.74) is 5.10. The van der Waals surface area contributed by atoms with E-state index in [0.717, 1.165) is 11.1 Å². The predicted molar refractivity (Wildman–Crippen MR) is 272 cm³/mol. The highest BCUT2D eigenvalue weighted by molar-refractivity contribution is 6.90. The first-order chi connectivity index (χ1) is 34.5. The fraction of sp³-hybridized carbons (Fsp3) is 0.404. The van der Waals surface area contributed by atoms with Gasteiger partial charge in [0.25, 0.3) is 0 Å². The van der Waals surface area contributed by atoms with Gasteiger partial charge in [0.1, 0.15) is 44.1 Å². The lowest BCUT2D eigenvalue weighted by Gasteiger charge is -2.38. The van der Waals surface area contributed by atoms with Crippen molar-refractivity contribution in [2.24, 2.45) is 10.9 Å². The fourth-order valence-corrected chi connectivity index (χ4v) is 17.1. The van der Waals surface area contributed by atoms with Gasteiger partial charge in [-0.15, -0.1) is 5.54 Å². The Morgan fingerprint density at radius 3 is 2.31 bits per heavy atom. The van der Waals surface area contributed by atoms with Gasteiger partial charge in [-0.2, -0.15) is 15.2 Å². The van der Waals surface area contributed by atoms with Crippen molar-refractivity contribution in [3.63, 3.8) is 0 Å². The van der Waals surface area contributed by atoms with Gasteiger partial charge in [0.2, 0.25) is 0 Å². The van der Waals surface area contributed by atoms with Crippen LogP contribution in [0.3, 0.4) is 0 Å². The van der Waals surface area contributed by atoms with Crippen LogP contribution in [0, 0.1) is 40.3 Å². The number of aliphatic imine (C=N–C) groups is 1. The maximum Gasteiger partial charge on any atom is 0.319 e. The molecular weight excluding hydrogens is 905 g/mol. The zero-order valence-corrected chi connectivity index (χ0v) is 41.4. The summed E-state index contributed by atoms with van der Waals surface area (Å²) in [6, 6.07) is 28.1. The number of benzene rings is 5. The maximum atomic E-state index is 18.6. The highest BCUT2D eigenvalue weighted by atomic mass is 28.3. The van der Waals surface area contributed by atoms with Crippen molar-refractivity contribution >= 4 is 47.0 Å². The topological polar surface area (TPSA) is 86.9 Å². The molecule has 0 spiro atoms. The number of alkyl halides is 2. The Bertz CT molecular complexity index is 3150. The third-order valence-corrected chi connectivity index (χ3v) is 21.6. The number of aromatic nitrogens is 2. The van der Waals surface area contributed by atoms with E-state index in [1.54, 1.807) is 21.9 Å². The minimum absolute atomic E-state index is 0.0393. The molecule has 3 aliphatic heterocycles. The van der Waals surface area contributed by atoms with Crippen molar-refractivity contribution in [2.45, 2.75) is 101 Å². The van der Waals surface area contributed by atoms with Crippen LogP contribution in [-0.2, 0) is 4.74 Å². The zero-order chi connectivity index (χ0) is 50.9. The molecule has 4 aliphatic rings. The number of nitrogens with zero attached hydrogens (tertiary/aromatic N) is 6. The molecule has 1 aromatic heterocycles. The Labute approximate surface area is 411 Å². The van der Waals surface area contributed by atoms with Crippen molar-refractivity contribution in [1.29, 1.82) is 5.26 Å². The molecule has 5 atom stereocenters. The van der Waals surface area contributed by atoms with Crippen molar-refractivity contribution < 1.29 is 29.8 Å².